The minimum absolute atomic E-state index is 0.0218. The normalized spacial score (nSPS) is 11.1. The van der Waals surface area contributed by atoms with Crippen molar-refractivity contribution in [2.75, 3.05) is 11.8 Å². The molecule has 0 spiro atoms. The molecule has 0 saturated heterocycles. The number of halogens is 2. The van der Waals surface area contributed by atoms with Crippen molar-refractivity contribution in [2.24, 2.45) is 0 Å². The number of rotatable bonds is 4. The van der Waals surface area contributed by atoms with Crippen molar-refractivity contribution in [1.82, 2.24) is 0 Å². The van der Waals surface area contributed by atoms with Crippen LogP contribution in [0.4, 0.5) is 5.69 Å². The van der Waals surface area contributed by atoms with Crippen molar-refractivity contribution < 1.29 is 17.9 Å². The van der Waals surface area contributed by atoms with Crippen LogP contribution in [0, 0.1) is 6.92 Å². The van der Waals surface area contributed by atoms with Crippen LogP contribution in [-0.4, -0.2) is 21.5 Å². The van der Waals surface area contributed by atoms with Crippen LogP contribution >= 0.6 is 23.2 Å². The number of nitrogens with one attached hydrogen (secondary N) is 1. The first-order valence-electron chi connectivity index (χ1n) is 6.41. The van der Waals surface area contributed by atoms with Crippen LogP contribution in [0.1, 0.15) is 15.9 Å². The predicted octanol–water partition coefficient (Wildman–Crippen LogP) is 3.89. The molecule has 0 aliphatic carbocycles. The smallest absolute Gasteiger partial charge is 0.337 e. The molecule has 1 N–H and O–H groups in total. The van der Waals surface area contributed by atoms with E-state index in [-0.39, 0.29) is 21.2 Å². The SMILES string of the molecule is COC(=O)c1ccc(C)c(S(=O)(=O)Nc2ccc(Cl)c(Cl)c2)c1. The van der Waals surface area contributed by atoms with E-state index in [1.54, 1.807) is 6.92 Å². The highest BCUT2D eigenvalue weighted by Crippen LogP contribution is 2.27. The first kappa shape index (κ1) is 17.6. The van der Waals surface area contributed by atoms with Gasteiger partial charge in [-0.15, -0.1) is 0 Å². The Balaban J connectivity index is 2.42. The second kappa shape index (κ2) is 6.78. The molecule has 0 amide bonds. The van der Waals surface area contributed by atoms with Crippen molar-refractivity contribution in [3.05, 3.63) is 57.6 Å². The number of benzene rings is 2. The molecule has 0 bridgehead atoms. The van der Waals surface area contributed by atoms with E-state index in [9.17, 15) is 13.2 Å². The van der Waals surface area contributed by atoms with Gasteiger partial charge in [-0.1, -0.05) is 29.3 Å². The van der Waals surface area contributed by atoms with Crippen LogP contribution in [0.3, 0.4) is 0 Å². The molecule has 0 heterocycles. The van der Waals surface area contributed by atoms with E-state index in [1.165, 1.54) is 43.5 Å². The van der Waals surface area contributed by atoms with Gasteiger partial charge in [-0.2, -0.15) is 0 Å². The van der Waals surface area contributed by atoms with E-state index in [1.807, 2.05) is 0 Å². The van der Waals surface area contributed by atoms with E-state index in [0.29, 0.717) is 10.6 Å². The molecule has 2 aromatic carbocycles. The van der Waals surface area contributed by atoms with Crippen LogP contribution in [-0.2, 0) is 14.8 Å². The Bertz CT molecular complexity index is 866. The number of aryl methyl sites for hydroxylation is 1. The van der Waals surface area contributed by atoms with Crippen LogP contribution in [0.5, 0.6) is 0 Å². The van der Waals surface area contributed by atoms with Crippen LogP contribution < -0.4 is 4.72 Å². The molecular formula is C15H13Cl2NO4S. The number of hydrogen-bond acceptors (Lipinski definition) is 4. The highest BCUT2D eigenvalue weighted by Gasteiger charge is 2.20. The van der Waals surface area contributed by atoms with Crippen molar-refractivity contribution in [1.29, 1.82) is 0 Å². The zero-order valence-electron chi connectivity index (χ0n) is 12.3. The summed E-state index contributed by atoms with van der Waals surface area (Å²) >= 11 is 11.7. The second-order valence-corrected chi connectivity index (χ2v) is 7.17. The van der Waals surface area contributed by atoms with Crippen molar-refractivity contribution in [3.8, 4) is 0 Å². The fourth-order valence-corrected chi connectivity index (χ4v) is 3.52. The van der Waals surface area contributed by atoms with Gasteiger partial charge in [-0.25, -0.2) is 13.2 Å². The predicted molar refractivity (Wildman–Crippen MR) is 89.8 cm³/mol. The minimum atomic E-state index is -3.90. The van der Waals surface area contributed by atoms with Gasteiger partial charge in [-0.05, 0) is 42.8 Å². The number of esters is 1. The largest absolute Gasteiger partial charge is 0.465 e. The molecule has 0 aliphatic heterocycles. The van der Waals surface area contributed by atoms with Gasteiger partial charge in [0.05, 0.1) is 33.3 Å². The van der Waals surface area contributed by atoms with Crippen LogP contribution in [0.2, 0.25) is 10.0 Å². The number of ether oxygens (including phenoxy) is 1. The van der Waals surface area contributed by atoms with E-state index >= 15 is 0 Å². The highest BCUT2D eigenvalue weighted by atomic mass is 35.5. The lowest BCUT2D eigenvalue weighted by molar-refractivity contribution is 0.0600. The molecule has 122 valence electrons. The third-order valence-electron chi connectivity index (χ3n) is 3.07. The molecule has 2 aromatic rings. The molecule has 0 aliphatic rings. The maximum atomic E-state index is 12.5. The Morgan fingerprint density at radius 2 is 1.78 bits per heavy atom. The van der Waals surface area contributed by atoms with Gasteiger partial charge in [0, 0.05) is 0 Å². The van der Waals surface area contributed by atoms with Crippen molar-refractivity contribution in [3.63, 3.8) is 0 Å². The minimum Gasteiger partial charge on any atom is -0.465 e. The van der Waals surface area contributed by atoms with Crippen molar-refractivity contribution in [2.45, 2.75) is 11.8 Å². The quantitative estimate of drug-likeness (QED) is 0.825. The lowest BCUT2D eigenvalue weighted by atomic mass is 10.1. The molecule has 0 unspecified atom stereocenters. The molecular weight excluding hydrogens is 361 g/mol. The zero-order valence-corrected chi connectivity index (χ0v) is 14.6. The fourth-order valence-electron chi connectivity index (χ4n) is 1.90. The lowest BCUT2D eigenvalue weighted by Crippen LogP contribution is -2.15. The number of methoxy groups -OCH3 is 1. The molecule has 0 aromatic heterocycles. The molecule has 23 heavy (non-hydrogen) atoms. The molecule has 0 radical (unpaired) electrons. The number of carbonyl (C=O) groups is 1. The molecule has 5 nitrogen and oxygen atoms in total. The summed E-state index contributed by atoms with van der Waals surface area (Å²) in [5.74, 6) is -0.615. The molecule has 8 heteroatoms. The summed E-state index contributed by atoms with van der Waals surface area (Å²) in [6.45, 7) is 1.63. The monoisotopic (exact) mass is 373 g/mol. The molecule has 0 atom stereocenters. The topological polar surface area (TPSA) is 72.5 Å². The number of anilines is 1. The van der Waals surface area contributed by atoms with Gasteiger partial charge >= 0.3 is 5.97 Å². The summed E-state index contributed by atoms with van der Waals surface area (Å²) in [5.41, 5.74) is 0.903. The third kappa shape index (κ3) is 3.96. The fraction of sp³-hybridized carbons (Fsp3) is 0.133. The summed E-state index contributed by atoms with van der Waals surface area (Å²) in [4.78, 5) is 11.6. The lowest BCUT2D eigenvalue weighted by Gasteiger charge is -2.12. The van der Waals surface area contributed by atoms with Crippen LogP contribution in [0.15, 0.2) is 41.3 Å². The Morgan fingerprint density at radius 1 is 1.09 bits per heavy atom. The number of hydrogen-bond donors (Lipinski definition) is 1. The standard InChI is InChI=1S/C15H13Cl2NO4S/c1-9-3-4-10(15(19)22-2)7-14(9)23(20,21)18-11-5-6-12(16)13(17)8-11/h3-8,18H,1-2H3. The van der Waals surface area contributed by atoms with Gasteiger partial charge in [0.2, 0.25) is 0 Å². The maximum absolute atomic E-state index is 12.5. The Hall–Kier alpha value is -1.76. The third-order valence-corrected chi connectivity index (χ3v) is 5.33. The summed E-state index contributed by atoms with van der Waals surface area (Å²) in [5, 5.41) is 0.547. The maximum Gasteiger partial charge on any atom is 0.337 e. The molecule has 2 rings (SSSR count). The van der Waals surface area contributed by atoms with Crippen LogP contribution in [0.25, 0.3) is 0 Å². The summed E-state index contributed by atoms with van der Waals surface area (Å²) in [7, 11) is -2.67. The second-order valence-electron chi connectivity index (χ2n) is 4.71. The number of sulfonamides is 1. The Kier molecular flexibility index (Phi) is 5.19. The first-order chi connectivity index (χ1) is 10.7. The van der Waals surface area contributed by atoms with Crippen molar-refractivity contribution >= 4 is 44.9 Å². The first-order valence-corrected chi connectivity index (χ1v) is 8.65. The highest BCUT2D eigenvalue weighted by molar-refractivity contribution is 7.92. The van der Waals surface area contributed by atoms with Gasteiger partial charge in [0.15, 0.2) is 0 Å². The van der Waals surface area contributed by atoms with Gasteiger partial charge in [-0.3, -0.25) is 4.72 Å². The Labute approximate surface area is 144 Å². The van der Waals surface area contributed by atoms with E-state index < -0.39 is 16.0 Å². The van der Waals surface area contributed by atoms with E-state index in [4.69, 9.17) is 23.2 Å². The summed E-state index contributed by atoms with van der Waals surface area (Å²) in [6, 6.07) is 8.68. The van der Waals surface area contributed by atoms with E-state index in [2.05, 4.69) is 9.46 Å². The van der Waals surface area contributed by atoms with Gasteiger partial charge in [0.1, 0.15) is 0 Å². The zero-order chi connectivity index (χ0) is 17.2. The number of carbonyl (C=O) groups excluding carboxylic acids is 1. The van der Waals surface area contributed by atoms with E-state index in [0.717, 1.165) is 0 Å². The van der Waals surface area contributed by atoms with Gasteiger partial charge < -0.3 is 4.74 Å². The van der Waals surface area contributed by atoms with Gasteiger partial charge in [0.25, 0.3) is 10.0 Å². The molecule has 0 fully saturated rings. The molecule has 0 saturated carbocycles. The summed E-state index contributed by atoms with van der Waals surface area (Å²) < 4.78 is 32.1. The average molecular weight is 374 g/mol. The average Bonchev–Trinajstić information content (AvgIpc) is 2.50. The summed E-state index contributed by atoms with van der Waals surface area (Å²) in [6.07, 6.45) is 0. The Morgan fingerprint density at radius 3 is 2.39 bits per heavy atom.